The van der Waals surface area contributed by atoms with Gasteiger partial charge in [0.1, 0.15) is 18.3 Å². The molecule has 0 aliphatic heterocycles. The van der Waals surface area contributed by atoms with E-state index in [9.17, 15) is 18.0 Å². The molecule has 0 spiro atoms. The molecule has 1 atom stereocenters. The Bertz CT molecular complexity index is 1400. The minimum absolute atomic E-state index is 0.0681. The number of sulfonamides is 1. The van der Waals surface area contributed by atoms with Crippen molar-refractivity contribution < 1.29 is 22.7 Å². The summed E-state index contributed by atoms with van der Waals surface area (Å²) in [7, 11) is -2.60. The number of anilines is 1. The van der Waals surface area contributed by atoms with Crippen molar-refractivity contribution in [3.8, 4) is 5.75 Å². The second-order valence-electron chi connectivity index (χ2n) is 10.6. The zero-order valence-corrected chi connectivity index (χ0v) is 25.6. The number of benzene rings is 3. The van der Waals surface area contributed by atoms with Crippen LogP contribution in [0.15, 0.2) is 77.7 Å². The molecule has 41 heavy (non-hydrogen) atoms. The molecule has 2 amide bonds. The van der Waals surface area contributed by atoms with E-state index in [2.05, 4.69) is 5.32 Å². The van der Waals surface area contributed by atoms with Crippen LogP contribution in [-0.2, 0) is 26.2 Å². The van der Waals surface area contributed by atoms with Gasteiger partial charge in [-0.25, -0.2) is 8.42 Å². The van der Waals surface area contributed by atoms with E-state index in [4.69, 9.17) is 4.74 Å². The maximum Gasteiger partial charge on any atom is 0.264 e. The molecule has 1 N–H and O–H groups in total. The molecule has 1 unspecified atom stereocenters. The number of rotatable bonds is 13. The van der Waals surface area contributed by atoms with Crippen molar-refractivity contribution in [3.63, 3.8) is 0 Å². The molecule has 3 aromatic rings. The van der Waals surface area contributed by atoms with Crippen molar-refractivity contribution in [1.29, 1.82) is 0 Å². The van der Waals surface area contributed by atoms with Crippen molar-refractivity contribution in [2.75, 3.05) is 24.5 Å². The fourth-order valence-electron chi connectivity index (χ4n) is 4.35. The van der Waals surface area contributed by atoms with Gasteiger partial charge >= 0.3 is 0 Å². The molecule has 0 aliphatic rings. The van der Waals surface area contributed by atoms with Crippen LogP contribution in [0.1, 0.15) is 43.9 Å². The van der Waals surface area contributed by atoms with Gasteiger partial charge in [0.15, 0.2) is 0 Å². The Balaban J connectivity index is 2.04. The first-order valence-electron chi connectivity index (χ1n) is 13.8. The van der Waals surface area contributed by atoms with Gasteiger partial charge in [-0.1, -0.05) is 68.3 Å². The van der Waals surface area contributed by atoms with E-state index >= 15 is 0 Å². The third kappa shape index (κ3) is 8.33. The van der Waals surface area contributed by atoms with E-state index in [0.29, 0.717) is 24.4 Å². The molecule has 0 heterocycles. The van der Waals surface area contributed by atoms with E-state index in [1.807, 2.05) is 58.9 Å². The number of ether oxygens (including phenoxy) is 1. The van der Waals surface area contributed by atoms with Crippen molar-refractivity contribution >= 4 is 27.5 Å². The zero-order valence-electron chi connectivity index (χ0n) is 24.8. The largest absolute Gasteiger partial charge is 0.497 e. The average Bonchev–Trinajstić information content (AvgIpc) is 2.95. The van der Waals surface area contributed by atoms with Gasteiger partial charge in [-0.3, -0.25) is 13.9 Å². The van der Waals surface area contributed by atoms with Crippen LogP contribution in [0.2, 0.25) is 0 Å². The molecule has 0 saturated heterocycles. The van der Waals surface area contributed by atoms with Gasteiger partial charge < -0.3 is 15.0 Å². The number of aryl methyl sites for hydroxylation is 2. The molecule has 0 aromatic heterocycles. The summed E-state index contributed by atoms with van der Waals surface area (Å²) in [5.41, 5.74) is 3.14. The molecule has 220 valence electrons. The van der Waals surface area contributed by atoms with Crippen molar-refractivity contribution in [1.82, 2.24) is 10.2 Å². The Hall–Kier alpha value is -3.85. The SMILES string of the molecule is CCC(C(=O)NCC(C)C)N(Cc1ccc(C)cc1)C(=O)CN(c1ccc(OC)cc1)S(=O)(=O)c1ccc(C)cc1. The van der Waals surface area contributed by atoms with E-state index in [1.165, 1.54) is 24.1 Å². The van der Waals surface area contributed by atoms with Crippen LogP contribution < -0.4 is 14.4 Å². The Morgan fingerprint density at radius 3 is 1.95 bits per heavy atom. The Morgan fingerprint density at radius 1 is 0.878 bits per heavy atom. The Labute approximate surface area is 244 Å². The van der Waals surface area contributed by atoms with Crippen molar-refractivity contribution in [3.05, 3.63) is 89.5 Å². The molecule has 0 aliphatic carbocycles. The highest BCUT2D eigenvalue weighted by Gasteiger charge is 2.33. The highest BCUT2D eigenvalue weighted by atomic mass is 32.2. The molecule has 0 saturated carbocycles. The van der Waals surface area contributed by atoms with Crippen LogP contribution in [0.5, 0.6) is 5.75 Å². The number of hydrogen-bond donors (Lipinski definition) is 1. The number of nitrogens with one attached hydrogen (secondary N) is 1. The lowest BCUT2D eigenvalue weighted by atomic mass is 10.1. The Morgan fingerprint density at radius 2 is 1.44 bits per heavy atom. The first kappa shape index (κ1) is 31.7. The Kier molecular flexibility index (Phi) is 10.9. The number of carbonyl (C=O) groups is 2. The maximum atomic E-state index is 14.1. The summed E-state index contributed by atoms with van der Waals surface area (Å²) < 4.78 is 34.2. The third-order valence-electron chi connectivity index (χ3n) is 6.79. The quantitative estimate of drug-likeness (QED) is 0.305. The summed E-state index contributed by atoms with van der Waals surface area (Å²) in [5, 5.41) is 2.94. The smallest absolute Gasteiger partial charge is 0.264 e. The third-order valence-corrected chi connectivity index (χ3v) is 8.58. The lowest BCUT2D eigenvalue weighted by Gasteiger charge is -2.33. The molecule has 3 rings (SSSR count). The van der Waals surface area contributed by atoms with Crippen LogP contribution in [0, 0.1) is 19.8 Å². The number of nitrogens with zero attached hydrogens (tertiary/aromatic N) is 2. The second kappa shape index (κ2) is 14.2. The van der Waals surface area contributed by atoms with E-state index in [0.717, 1.165) is 21.0 Å². The van der Waals surface area contributed by atoms with E-state index in [-0.39, 0.29) is 23.3 Å². The second-order valence-corrected chi connectivity index (χ2v) is 12.5. The van der Waals surface area contributed by atoms with Gasteiger partial charge in [0, 0.05) is 13.1 Å². The molecule has 3 aromatic carbocycles. The summed E-state index contributed by atoms with van der Waals surface area (Å²) >= 11 is 0. The zero-order chi connectivity index (χ0) is 30.2. The highest BCUT2D eigenvalue weighted by molar-refractivity contribution is 7.92. The minimum atomic E-state index is -4.13. The predicted molar refractivity (Wildman–Crippen MR) is 162 cm³/mol. The predicted octanol–water partition coefficient (Wildman–Crippen LogP) is 5.09. The van der Waals surface area contributed by atoms with Crippen LogP contribution in [0.3, 0.4) is 0 Å². The van der Waals surface area contributed by atoms with Crippen LogP contribution in [0.4, 0.5) is 5.69 Å². The first-order valence-corrected chi connectivity index (χ1v) is 15.3. The molecular weight excluding hydrogens is 538 g/mol. The van der Waals surface area contributed by atoms with Gasteiger partial charge in [-0.2, -0.15) is 0 Å². The fraction of sp³-hybridized carbons (Fsp3) is 0.375. The first-order chi connectivity index (χ1) is 19.5. The molecule has 0 bridgehead atoms. The fourth-order valence-corrected chi connectivity index (χ4v) is 5.76. The minimum Gasteiger partial charge on any atom is -0.497 e. The number of hydrogen-bond acceptors (Lipinski definition) is 5. The monoisotopic (exact) mass is 579 g/mol. The topological polar surface area (TPSA) is 96.0 Å². The summed E-state index contributed by atoms with van der Waals surface area (Å²) in [6.45, 7) is 9.85. The molecular formula is C32H41N3O5S. The molecule has 0 fully saturated rings. The molecule has 8 nitrogen and oxygen atoms in total. The van der Waals surface area contributed by atoms with E-state index < -0.39 is 28.5 Å². The number of amides is 2. The van der Waals surface area contributed by atoms with Gasteiger partial charge in [0.25, 0.3) is 10.0 Å². The van der Waals surface area contributed by atoms with Gasteiger partial charge in [-0.15, -0.1) is 0 Å². The van der Waals surface area contributed by atoms with E-state index in [1.54, 1.807) is 36.4 Å². The number of carbonyl (C=O) groups excluding carboxylic acids is 2. The van der Waals surface area contributed by atoms with Crippen molar-refractivity contribution in [2.24, 2.45) is 5.92 Å². The number of methoxy groups -OCH3 is 1. The van der Waals surface area contributed by atoms with Crippen LogP contribution in [-0.4, -0.2) is 51.4 Å². The summed E-state index contributed by atoms with van der Waals surface area (Å²) in [5.74, 6) is 0.0484. The lowest BCUT2D eigenvalue weighted by molar-refractivity contribution is -0.140. The van der Waals surface area contributed by atoms with Gasteiger partial charge in [0.05, 0.1) is 17.7 Å². The summed E-state index contributed by atoms with van der Waals surface area (Å²) in [6.07, 6.45) is 0.370. The van der Waals surface area contributed by atoms with Crippen LogP contribution in [0.25, 0.3) is 0 Å². The highest BCUT2D eigenvalue weighted by Crippen LogP contribution is 2.27. The standard InChI is InChI=1S/C32H41N3O5S/c1-7-30(32(37)33-20-23(2)3)34(21-26-12-8-24(4)9-13-26)31(36)22-35(27-14-16-28(40-6)17-15-27)41(38,39)29-18-10-25(5)11-19-29/h8-19,23,30H,7,20-22H2,1-6H3,(H,33,37). The lowest BCUT2D eigenvalue weighted by Crippen LogP contribution is -2.52. The molecule has 0 radical (unpaired) electrons. The van der Waals surface area contributed by atoms with Crippen LogP contribution >= 0.6 is 0 Å². The van der Waals surface area contributed by atoms with Gasteiger partial charge in [-0.05, 0) is 68.1 Å². The van der Waals surface area contributed by atoms with Crippen molar-refractivity contribution in [2.45, 2.75) is 58.5 Å². The molecule has 9 heteroatoms. The summed E-state index contributed by atoms with van der Waals surface area (Å²) in [6, 6.07) is 20.0. The summed E-state index contributed by atoms with van der Waals surface area (Å²) in [4.78, 5) is 29.0. The average molecular weight is 580 g/mol. The van der Waals surface area contributed by atoms with Gasteiger partial charge in [0.2, 0.25) is 11.8 Å². The normalized spacial score (nSPS) is 12.1. The maximum absolute atomic E-state index is 14.1.